The van der Waals surface area contributed by atoms with Crippen LogP contribution in [0.5, 0.6) is 40.2 Å². The highest BCUT2D eigenvalue weighted by Gasteiger charge is 2.50. The Labute approximate surface area is 359 Å². The van der Waals surface area contributed by atoms with E-state index < -0.39 is 156 Å². The average Bonchev–Trinajstić information content (AvgIpc) is 3.26. The second kappa shape index (κ2) is 18.7. The molecule has 4 aromatic rings. The summed E-state index contributed by atoms with van der Waals surface area (Å²) in [5.41, 5.74) is -1.36. The van der Waals surface area contributed by atoms with Gasteiger partial charge in [0.05, 0.1) is 19.3 Å². The first-order chi connectivity index (χ1) is 30.4. The van der Waals surface area contributed by atoms with Gasteiger partial charge in [-0.2, -0.15) is 0 Å². The number of hydrogen-bond acceptors (Lipinski definition) is 23. The lowest BCUT2D eigenvalue weighted by Gasteiger charge is -2.44. The van der Waals surface area contributed by atoms with Crippen molar-refractivity contribution in [3.63, 3.8) is 0 Å². The molecule has 6 unspecified atom stereocenters. The lowest BCUT2D eigenvalue weighted by Crippen LogP contribution is -2.63. The van der Waals surface area contributed by atoms with Crippen molar-refractivity contribution in [2.24, 2.45) is 0 Å². The van der Waals surface area contributed by atoms with E-state index in [1.807, 2.05) is 0 Å². The Morgan fingerprint density at radius 1 is 0.719 bits per heavy atom. The molecule has 0 spiro atoms. The molecule has 64 heavy (non-hydrogen) atoms. The molecule has 3 saturated heterocycles. The highest BCUT2D eigenvalue weighted by molar-refractivity contribution is 5.89. The third-order valence-corrected chi connectivity index (χ3v) is 10.6. The zero-order valence-electron chi connectivity index (χ0n) is 33.2. The molecule has 0 saturated carbocycles. The van der Waals surface area contributed by atoms with Crippen LogP contribution in [0.4, 0.5) is 0 Å². The minimum absolute atomic E-state index is 0.127. The van der Waals surface area contributed by atoms with E-state index in [0.29, 0.717) is 5.56 Å². The molecule has 1 aromatic heterocycles. The van der Waals surface area contributed by atoms with Gasteiger partial charge in [-0.15, -0.1) is 0 Å². The highest BCUT2D eigenvalue weighted by Crippen LogP contribution is 2.40. The molecular formula is C41H44O23. The highest BCUT2D eigenvalue weighted by atomic mass is 16.8. The number of aliphatic hydroxyl groups excluding tert-OH is 8. The minimum Gasteiger partial charge on any atom is -0.507 e. The van der Waals surface area contributed by atoms with Crippen LogP contribution in [0.25, 0.3) is 28.4 Å². The van der Waals surface area contributed by atoms with Crippen molar-refractivity contribution in [1.29, 1.82) is 0 Å². The van der Waals surface area contributed by atoms with Crippen LogP contribution in [0, 0.1) is 0 Å². The fraction of sp³-hybridized carbons (Fsp3) is 0.415. The molecule has 0 aliphatic carbocycles. The first-order valence-corrected chi connectivity index (χ1v) is 19.4. The zero-order chi connectivity index (χ0) is 46.3. The lowest BCUT2D eigenvalue weighted by molar-refractivity contribution is -0.345. The van der Waals surface area contributed by atoms with E-state index in [4.69, 9.17) is 37.6 Å². The van der Waals surface area contributed by atoms with Crippen molar-refractivity contribution in [3.8, 4) is 51.6 Å². The van der Waals surface area contributed by atoms with Gasteiger partial charge in [0.1, 0.15) is 71.3 Å². The molecule has 3 aliphatic heterocycles. The largest absolute Gasteiger partial charge is 0.507 e. The number of rotatable bonds is 11. The fourth-order valence-electron chi connectivity index (χ4n) is 7.13. The third kappa shape index (κ3) is 9.23. The number of carbonyl (C=O) groups excluding carboxylic acids is 1. The number of phenolic OH excluding ortho intramolecular Hbond substituents is 5. The van der Waals surface area contributed by atoms with Crippen LogP contribution in [-0.4, -0.2) is 172 Å². The second-order valence-electron chi connectivity index (χ2n) is 15.1. The van der Waals surface area contributed by atoms with E-state index in [-0.39, 0.29) is 17.1 Å². The average molecular weight is 905 g/mol. The van der Waals surface area contributed by atoms with E-state index in [1.54, 1.807) is 0 Å². The van der Waals surface area contributed by atoms with Gasteiger partial charge in [-0.1, -0.05) is 6.07 Å². The van der Waals surface area contributed by atoms with Crippen molar-refractivity contribution < 1.29 is 109 Å². The van der Waals surface area contributed by atoms with Gasteiger partial charge < -0.3 is 104 Å². The Bertz CT molecular complexity index is 2420. The maximum Gasteiger partial charge on any atom is 0.331 e. The van der Waals surface area contributed by atoms with Crippen molar-refractivity contribution in [2.45, 2.75) is 92.9 Å². The topological polar surface area (TPSA) is 375 Å². The number of carbonyl (C=O) groups is 1. The molecule has 3 aromatic carbocycles. The number of fused-ring (bicyclic) bond motifs is 1. The summed E-state index contributed by atoms with van der Waals surface area (Å²) in [6.45, 7) is -0.0366. The maximum atomic E-state index is 14.3. The van der Waals surface area contributed by atoms with Gasteiger partial charge in [0, 0.05) is 23.8 Å². The monoisotopic (exact) mass is 904 g/mol. The lowest BCUT2D eigenvalue weighted by atomic mass is 9.99. The standard InChI is InChI=1S/C41H44O23/c1-14-35(62-26(49)7-3-15-2-5-18(43)20(45)8-15)32(54)34(56)39(58-14)64-38-28(50)23(48)13-57-41(38)63-37-30(52)27-22(47)10-17(59-40-33(55)31(53)29(51)25(12-42)61-40)11-24(27)60-36(37)16-4-6-19(44)21(46)9-16/h2-11,14,23,25,28-29,31-35,38-48,50-51,53-56H,12-13H2,1H3/b7-3+/t14?,23?,25?,28-,29+,31-,32?,33?,34-,35-,38?,39-,40+,41-/m0/s1. The maximum absolute atomic E-state index is 14.3. The molecule has 23 heteroatoms. The molecule has 4 heterocycles. The van der Waals surface area contributed by atoms with Gasteiger partial charge in [-0.3, -0.25) is 4.79 Å². The summed E-state index contributed by atoms with van der Waals surface area (Å²) >= 11 is 0. The van der Waals surface area contributed by atoms with Crippen molar-refractivity contribution in [3.05, 3.63) is 70.4 Å². The van der Waals surface area contributed by atoms with Gasteiger partial charge in [-0.25, -0.2) is 4.79 Å². The number of aromatic hydroxyl groups is 5. The smallest absolute Gasteiger partial charge is 0.331 e. The number of esters is 1. The normalized spacial score (nSPS) is 32.1. The predicted molar refractivity (Wildman–Crippen MR) is 210 cm³/mol. The van der Waals surface area contributed by atoms with Crippen LogP contribution >= 0.6 is 0 Å². The molecular weight excluding hydrogens is 860 g/mol. The van der Waals surface area contributed by atoms with Crippen LogP contribution in [-0.2, 0) is 28.5 Å². The zero-order valence-corrected chi connectivity index (χ0v) is 33.2. The molecule has 3 fully saturated rings. The summed E-state index contributed by atoms with van der Waals surface area (Å²) in [7, 11) is 0. The van der Waals surface area contributed by atoms with Crippen LogP contribution in [0.3, 0.4) is 0 Å². The van der Waals surface area contributed by atoms with E-state index >= 15 is 0 Å². The third-order valence-electron chi connectivity index (χ3n) is 10.6. The van der Waals surface area contributed by atoms with E-state index in [1.165, 1.54) is 37.3 Å². The quantitative estimate of drug-likeness (QED) is 0.0444. The molecule has 7 rings (SSSR count). The Balaban J connectivity index is 1.16. The summed E-state index contributed by atoms with van der Waals surface area (Å²) < 4.78 is 45.5. The summed E-state index contributed by atoms with van der Waals surface area (Å²) in [6, 6.07) is 8.91. The van der Waals surface area contributed by atoms with Gasteiger partial charge in [0.15, 0.2) is 47.3 Å². The minimum atomic E-state index is -2.00. The van der Waals surface area contributed by atoms with Gasteiger partial charge in [0.2, 0.25) is 23.8 Å². The molecule has 0 radical (unpaired) electrons. The molecule has 3 aliphatic rings. The summed E-state index contributed by atoms with van der Waals surface area (Å²) in [5, 5.41) is 134. The van der Waals surface area contributed by atoms with Gasteiger partial charge in [0.25, 0.3) is 0 Å². The summed E-state index contributed by atoms with van der Waals surface area (Å²) in [4.78, 5) is 27.0. The van der Waals surface area contributed by atoms with Crippen molar-refractivity contribution in [1.82, 2.24) is 0 Å². The molecule has 0 bridgehead atoms. The molecule has 13 N–H and O–H groups in total. The second-order valence-corrected chi connectivity index (χ2v) is 15.1. The van der Waals surface area contributed by atoms with Crippen molar-refractivity contribution >= 4 is 23.0 Å². The van der Waals surface area contributed by atoms with E-state index in [9.17, 15) is 76.0 Å². The van der Waals surface area contributed by atoms with Crippen LogP contribution in [0.15, 0.2) is 63.8 Å². The first-order valence-electron chi connectivity index (χ1n) is 19.4. The van der Waals surface area contributed by atoms with Gasteiger partial charge in [-0.05, 0) is 48.9 Å². The number of aliphatic hydroxyl groups is 8. The number of phenols is 5. The SMILES string of the molecule is CC1O[C@@H](OC2[C@H](Oc3c(-c4ccc(O)c(O)c4)oc4cc(O[C@@H]5OC(CO)[C@@H](O)[C@H](O)C5O)cc(O)c4c3=O)OCC(O)[C@@H]2O)[C@@H](O)C(O)[C@H]1OC(=O)/C=C/c1ccc(O)c(O)c1. The van der Waals surface area contributed by atoms with Gasteiger partial charge >= 0.3 is 5.97 Å². The fourth-order valence-corrected chi connectivity index (χ4v) is 7.13. The Kier molecular flexibility index (Phi) is 13.5. The number of hydrogen-bond donors (Lipinski definition) is 13. The summed E-state index contributed by atoms with van der Waals surface area (Å²) in [6.07, 6.45) is -22.0. The van der Waals surface area contributed by atoms with E-state index in [2.05, 4.69) is 0 Å². The molecule has 23 nitrogen and oxygen atoms in total. The van der Waals surface area contributed by atoms with Crippen LogP contribution < -0.4 is 14.9 Å². The number of ether oxygens (including phenoxy) is 7. The van der Waals surface area contributed by atoms with E-state index in [0.717, 1.165) is 30.3 Å². The number of benzene rings is 3. The Morgan fingerprint density at radius 2 is 1.41 bits per heavy atom. The Hall–Kier alpha value is -5.80. The summed E-state index contributed by atoms with van der Waals surface area (Å²) in [5.74, 6) is -5.48. The van der Waals surface area contributed by atoms with Crippen molar-refractivity contribution in [2.75, 3.05) is 13.2 Å². The predicted octanol–water partition coefficient (Wildman–Crippen LogP) is -1.90. The Morgan fingerprint density at radius 3 is 2.09 bits per heavy atom. The molecule has 346 valence electrons. The first kappa shape index (κ1) is 46.2. The molecule has 14 atom stereocenters. The van der Waals surface area contributed by atoms with Crippen LogP contribution in [0.2, 0.25) is 0 Å². The molecule has 0 amide bonds. The van der Waals surface area contributed by atoms with Crippen LogP contribution in [0.1, 0.15) is 12.5 Å².